The Morgan fingerprint density at radius 3 is 1.77 bits per heavy atom. The van der Waals surface area contributed by atoms with E-state index >= 15 is 0 Å². The number of carboxylic acids is 1. The molecule has 0 spiro atoms. The van der Waals surface area contributed by atoms with Gasteiger partial charge in [-0.1, -0.05) is 83.0 Å². The molecule has 0 fully saturated rings. The number of carboxylic acid groups (broad SMARTS) is 1. The molecule has 4 aromatic rings. The van der Waals surface area contributed by atoms with E-state index < -0.39 is 5.97 Å². The second kappa shape index (κ2) is 10.7. The molecule has 5 rings (SSSR count). The first-order chi connectivity index (χ1) is 18.1. The van der Waals surface area contributed by atoms with Crippen molar-refractivity contribution in [2.24, 2.45) is 0 Å². The maximum Gasteiger partial charge on any atom is 4.00 e. The van der Waals surface area contributed by atoms with Gasteiger partial charge >= 0.3 is 23.0 Å². The van der Waals surface area contributed by atoms with Crippen LogP contribution in [0.1, 0.15) is 73.7 Å². The molecule has 1 aliphatic heterocycles. The zero-order valence-corrected chi connectivity index (χ0v) is 23.9. The average molecular weight is 558 g/mol. The third-order valence-electron chi connectivity index (χ3n) is 7.66. The van der Waals surface area contributed by atoms with Gasteiger partial charge in [-0.2, -0.15) is 0 Å². The van der Waals surface area contributed by atoms with Crippen LogP contribution < -0.4 is 41.3 Å². The van der Waals surface area contributed by atoms with Gasteiger partial charge in [-0.05, 0) is 52.2 Å². The van der Waals surface area contributed by atoms with Crippen molar-refractivity contribution in [2.75, 3.05) is 0 Å². The Morgan fingerprint density at radius 1 is 0.667 bits per heavy atom. The van der Waals surface area contributed by atoms with Crippen LogP contribution in [0, 0.1) is 34.6 Å². The molecule has 7 heteroatoms. The molecule has 0 aliphatic carbocycles. The normalized spacial score (nSPS) is 11.9. The SMILES string of the molecule is C=Cc1c2[n-]c(c1C)C=c1[n-]c(c(C)c1C=C)=Cc1[n-]c(c(CCC(=O)O)c1C)C=c1[n-]c(c(C)c1C)=C2.[Fe+4]. The van der Waals surface area contributed by atoms with E-state index in [-0.39, 0.29) is 23.5 Å². The van der Waals surface area contributed by atoms with Gasteiger partial charge in [0.25, 0.3) is 0 Å². The number of fused-ring (bicyclic) bond motifs is 8. The molecule has 0 aromatic carbocycles. The third-order valence-corrected chi connectivity index (χ3v) is 7.66. The Hall–Kier alpha value is -3.93. The summed E-state index contributed by atoms with van der Waals surface area (Å²) in [7, 11) is 0. The summed E-state index contributed by atoms with van der Waals surface area (Å²) in [5.41, 5.74) is 11.1. The number of rotatable bonds is 5. The summed E-state index contributed by atoms with van der Waals surface area (Å²) < 4.78 is 0. The number of hydrogen-bond donors (Lipinski definition) is 1. The molecule has 39 heavy (non-hydrogen) atoms. The largest absolute Gasteiger partial charge is 4.00 e. The molecule has 5 heterocycles. The smallest absolute Gasteiger partial charge is 0.657 e. The van der Waals surface area contributed by atoms with Crippen LogP contribution in [0.5, 0.6) is 0 Å². The van der Waals surface area contributed by atoms with E-state index in [0.717, 1.165) is 88.7 Å². The summed E-state index contributed by atoms with van der Waals surface area (Å²) >= 11 is 0. The average Bonchev–Trinajstić information content (AvgIpc) is 3.52. The minimum absolute atomic E-state index is 0. The molecule has 8 bridgehead atoms. The number of aliphatic carboxylic acids is 1. The van der Waals surface area contributed by atoms with Gasteiger partial charge in [-0.25, -0.2) is 0 Å². The number of carbonyl (C=O) groups is 1. The summed E-state index contributed by atoms with van der Waals surface area (Å²) in [5.74, 6) is -0.838. The molecule has 6 nitrogen and oxygen atoms in total. The topological polar surface area (TPSA) is 93.7 Å². The van der Waals surface area contributed by atoms with Crippen LogP contribution >= 0.6 is 0 Å². The number of nitrogens with zero attached hydrogens (tertiary/aromatic N) is 4. The first-order valence-electron chi connectivity index (χ1n) is 12.6. The number of aromatic nitrogens is 4. The van der Waals surface area contributed by atoms with Gasteiger partial charge in [0.1, 0.15) is 0 Å². The molecule has 198 valence electrons. The van der Waals surface area contributed by atoms with E-state index in [2.05, 4.69) is 20.1 Å². The van der Waals surface area contributed by atoms with Crippen LogP contribution in [-0.4, -0.2) is 11.1 Å². The van der Waals surface area contributed by atoms with Crippen LogP contribution in [-0.2, 0) is 28.3 Å². The summed E-state index contributed by atoms with van der Waals surface area (Å²) in [5, 5.41) is 12.6. The first kappa shape index (κ1) is 28.1. The van der Waals surface area contributed by atoms with Crippen molar-refractivity contribution in [1.29, 1.82) is 0 Å². The Labute approximate surface area is 238 Å². The van der Waals surface area contributed by atoms with Crippen molar-refractivity contribution >= 4 is 42.4 Å². The Kier molecular flexibility index (Phi) is 7.69. The fourth-order valence-electron chi connectivity index (χ4n) is 5.14. The minimum Gasteiger partial charge on any atom is -0.657 e. The van der Waals surface area contributed by atoms with Gasteiger partial charge in [0.05, 0.1) is 0 Å². The van der Waals surface area contributed by atoms with E-state index in [1.165, 1.54) is 0 Å². The molecule has 0 amide bonds. The quantitative estimate of drug-likeness (QED) is 0.332. The van der Waals surface area contributed by atoms with Crippen LogP contribution in [0.25, 0.3) is 36.5 Å². The summed E-state index contributed by atoms with van der Waals surface area (Å²) in [6.45, 7) is 18.2. The maximum absolute atomic E-state index is 11.4. The van der Waals surface area contributed by atoms with Gasteiger partial charge in [0.15, 0.2) is 0 Å². The van der Waals surface area contributed by atoms with Crippen LogP contribution in [0.2, 0.25) is 0 Å². The third kappa shape index (κ3) is 4.84. The van der Waals surface area contributed by atoms with E-state index in [9.17, 15) is 9.90 Å². The van der Waals surface area contributed by atoms with Gasteiger partial charge in [-0.15, -0.1) is 44.2 Å². The second-order valence-electron chi connectivity index (χ2n) is 9.84. The van der Waals surface area contributed by atoms with Crippen LogP contribution in [0.15, 0.2) is 13.2 Å². The standard InChI is InChI=1S/C32H30N4O2.Fe/c1-8-21-18(5)26-12-27-20(7)23(10-11-32(37)38)31(36-27)14-25-17(4)16(3)24(33-25)13-29-22(9-2)19(6)28(35-29)15-30(21)34-26;/h8-9,12-15H,1-2,10-11H2,3-7H3,(H,37,38);/q-4;+4. The van der Waals surface area contributed by atoms with Crippen molar-refractivity contribution in [3.63, 3.8) is 0 Å². The summed E-state index contributed by atoms with van der Waals surface area (Å²) in [4.78, 5) is 31.2. The zero-order valence-electron chi connectivity index (χ0n) is 22.8. The maximum atomic E-state index is 11.4. The predicted octanol–water partition coefficient (Wildman–Crippen LogP) is 1.99. The molecular formula is C32H30FeN4O2. The minimum atomic E-state index is -0.838. The Bertz CT molecular complexity index is 1890. The second-order valence-corrected chi connectivity index (χ2v) is 9.84. The molecule has 0 saturated carbocycles. The summed E-state index contributed by atoms with van der Waals surface area (Å²) in [6.07, 6.45) is 12.0. The Morgan fingerprint density at radius 2 is 1.15 bits per heavy atom. The zero-order chi connectivity index (χ0) is 27.3. The van der Waals surface area contributed by atoms with Crippen molar-refractivity contribution in [1.82, 2.24) is 19.9 Å². The Balaban J connectivity index is 0.00000353. The fourth-order valence-corrected chi connectivity index (χ4v) is 5.14. The fraction of sp³-hybridized carbons (Fsp3) is 0.219. The van der Waals surface area contributed by atoms with E-state index in [1.54, 1.807) is 0 Å². The van der Waals surface area contributed by atoms with E-state index in [4.69, 9.17) is 19.9 Å². The molecule has 0 atom stereocenters. The molecule has 1 N–H and O–H groups in total. The van der Waals surface area contributed by atoms with Crippen molar-refractivity contribution in [3.8, 4) is 0 Å². The van der Waals surface area contributed by atoms with Crippen LogP contribution in [0.3, 0.4) is 0 Å². The van der Waals surface area contributed by atoms with Gasteiger partial charge in [-0.3, -0.25) is 4.79 Å². The molecule has 4 aromatic heterocycles. The van der Waals surface area contributed by atoms with E-state index in [1.807, 2.05) is 64.2 Å². The van der Waals surface area contributed by atoms with Gasteiger partial charge in [0, 0.05) is 6.42 Å². The van der Waals surface area contributed by atoms with Crippen molar-refractivity contribution in [3.05, 3.63) is 102 Å². The monoisotopic (exact) mass is 558 g/mol. The first-order valence-corrected chi connectivity index (χ1v) is 12.6. The van der Waals surface area contributed by atoms with E-state index in [0.29, 0.717) is 6.42 Å². The predicted molar refractivity (Wildman–Crippen MR) is 152 cm³/mol. The van der Waals surface area contributed by atoms with Crippen molar-refractivity contribution in [2.45, 2.75) is 47.5 Å². The number of hydrogen-bond acceptors (Lipinski definition) is 1. The molecule has 0 unspecified atom stereocenters. The molecule has 0 radical (unpaired) electrons. The molecule has 1 aliphatic rings. The van der Waals surface area contributed by atoms with Crippen molar-refractivity contribution < 1.29 is 27.0 Å². The molecular weight excluding hydrogens is 528 g/mol. The van der Waals surface area contributed by atoms with Gasteiger partial charge in [0.2, 0.25) is 0 Å². The van der Waals surface area contributed by atoms with Crippen LogP contribution in [0.4, 0.5) is 0 Å². The van der Waals surface area contributed by atoms with Gasteiger partial charge < -0.3 is 25.0 Å². The summed E-state index contributed by atoms with van der Waals surface area (Å²) in [6, 6.07) is 0. The molecule has 0 saturated heterocycles.